The van der Waals surface area contributed by atoms with Crippen LogP contribution < -0.4 is 14.4 Å². The highest BCUT2D eigenvalue weighted by Gasteiger charge is 2.39. The van der Waals surface area contributed by atoms with E-state index >= 15 is 0 Å². The maximum atomic E-state index is 13.1. The average Bonchev–Trinajstić information content (AvgIpc) is 2.76. The van der Waals surface area contributed by atoms with Crippen LogP contribution in [0.2, 0.25) is 0 Å². The molecule has 0 aliphatic carbocycles. The first kappa shape index (κ1) is 24.5. The van der Waals surface area contributed by atoms with Crippen molar-refractivity contribution in [2.24, 2.45) is 0 Å². The lowest BCUT2D eigenvalue weighted by atomic mass is 9.83. The molecule has 9 nitrogen and oxygen atoms in total. The topological polar surface area (TPSA) is 119 Å². The molecule has 1 aliphatic rings. The second kappa shape index (κ2) is 9.38. The van der Waals surface area contributed by atoms with Crippen LogP contribution in [-0.2, 0) is 14.8 Å². The molecule has 0 bridgehead atoms. The first-order valence-corrected chi connectivity index (χ1v) is 12.6. The molecule has 3 rings (SSSR count). The third-order valence-electron chi connectivity index (χ3n) is 6.25. The van der Waals surface area contributed by atoms with Crippen LogP contribution in [0.15, 0.2) is 42.5 Å². The number of fused-ring (bicyclic) bond motifs is 1. The number of carbonyl (C=O) groups is 1. The van der Waals surface area contributed by atoms with Gasteiger partial charge in [-0.2, -0.15) is 0 Å². The molecule has 1 heterocycles. The molecule has 1 atom stereocenters. The number of rotatable bonds is 8. The summed E-state index contributed by atoms with van der Waals surface area (Å²) in [5.41, 5.74) is 0.467. The number of nitro benzene ring substituents is 1. The fourth-order valence-corrected chi connectivity index (χ4v) is 5.17. The van der Waals surface area contributed by atoms with Crippen LogP contribution in [0.25, 0.3) is 0 Å². The normalized spacial score (nSPS) is 16.9. The van der Waals surface area contributed by atoms with Crippen LogP contribution in [0.1, 0.15) is 50.3 Å². The summed E-state index contributed by atoms with van der Waals surface area (Å²) >= 11 is 0. The predicted octanol–water partition coefficient (Wildman–Crippen LogP) is 3.87. The zero-order chi connectivity index (χ0) is 24.4. The van der Waals surface area contributed by atoms with Crippen molar-refractivity contribution in [3.05, 3.63) is 63.7 Å². The van der Waals surface area contributed by atoms with Gasteiger partial charge in [-0.1, -0.05) is 38.1 Å². The Bertz CT molecular complexity index is 1160. The summed E-state index contributed by atoms with van der Waals surface area (Å²) in [6.45, 7) is 5.04. The van der Waals surface area contributed by atoms with Gasteiger partial charge in [0.15, 0.2) is 0 Å². The summed E-state index contributed by atoms with van der Waals surface area (Å²) in [6, 6.07) is 11.3. The molecule has 0 fully saturated rings. The standard InChI is InChI=1S/C23H29N3O6S/c1-5-23(6-2)14-18(17-10-7-8-13-21(17)32-23)24-22(27)15-25(33(4,30)31)19-11-9-12-20(16(19)3)26(28)29/h7-13,18H,5-6,14-15H2,1-4H3,(H,24,27)/t18-/m1/s1. The Morgan fingerprint density at radius 1 is 1.21 bits per heavy atom. The molecule has 33 heavy (non-hydrogen) atoms. The van der Waals surface area contributed by atoms with Gasteiger partial charge in [0.2, 0.25) is 15.9 Å². The van der Waals surface area contributed by atoms with Gasteiger partial charge in [0.1, 0.15) is 17.9 Å². The van der Waals surface area contributed by atoms with E-state index in [0.29, 0.717) is 12.2 Å². The second-order valence-electron chi connectivity index (χ2n) is 8.30. The van der Waals surface area contributed by atoms with Crippen molar-refractivity contribution < 1.29 is 22.9 Å². The van der Waals surface area contributed by atoms with Crippen molar-refractivity contribution in [1.82, 2.24) is 5.32 Å². The van der Waals surface area contributed by atoms with Gasteiger partial charge in [-0.25, -0.2) is 8.42 Å². The van der Waals surface area contributed by atoms with Gasteiger partial charge in [-0.3, -0.25) is 19.2 Å². The summed E-state index contributed by atoms with van der Waals surface area (Å²) in [5.74, 6) is 0.196. The number of carbonyl (C=O) groups excluding carboxylic acids is 1. The van der Waals surface area contributed by atoms with E-state index in [-0.39, 0.29) is 23.0 Å². The van der Waals surface area contributed by atoms with Crippen molar-refractivity contribution in [3.63, 3.8) is 0 Å². The Kier molecular flexibility index (Phi) is 6.97. The Hall–Kier alpha value is -3.14. The minimum Gasteiger partial charge on any atom is -0.487 e. The first-order valence-electron chi connectivity index (χ1n) is 10.8. The van der Waals surface area contributed by atoms with E-state index < -0.39 is 33.0 Å². The number of para-hydroxylation sites is 1. The summed E-state index contributed by atoms with van der Waals surface area (Å²) in [7, 11) is -3.89. The molecule has 0 unspecified atom stereocenters. The van der Waals surface area contributed by atoms with E-state index in [9.17, 15) is 23.3 Å². The lowest BCUT2D eigenvalue weighted by Crippen LogP contribution is -2.47. The van der Waals surface area contributed by atoms with Gasteiger partial charge >= 0.3 is 0 Å². The van der Waals surface area contributed by atoms with Gasteiger partial charge in [0.25, 0.3) is 5.69 Å². The van der Waals surface area contributed by atoms with Crippen LogP contribution in [0.4, 0.5) is 11.4 Å². The summed E-state index contributed by atoms with van der Waals surface area (Å²) in [4.78, 5) is 23.8. The fraction of sp³-hybridized carbons (Fsp3) is 0.435. The Morgan fingerprint density at radius 3 is 2.48 bits per heavy atom. The number of sulfonamides is 1. The van der Waals surface area contributed by atoms with Crippen molar-refractivity contribution in [2.45, 2.75) is 51.7 Å². The highest BCUT2D eigenvalue weighted by molar-refractivity contribution is 7.92. The molecule has 0 saturated heterocycles. The van der Waals surface area contributed by atoms with Crippen molar-refractivity contribution in [1.29, 1.82) is 0 Å². The van der Waals surface area contributed by atoms with Gasteiger partial charge in [-0.05, 0) is 31.9 Å². The van der Waals surface area contributed by atoms with E-state index in [1.165, 1.54) is 25.1 Å². The number of benzene rings is 2. The highest BCUT2D eigenvalue weighted by atomic mass is 32.2. The van der Waals surface area contributed by atoms with E-state index in [4.69, 9.17) is 4.74 Å². The monoisotopic (exact) mass is 475 g/mol. The number of hydrogen-bond acceptors (Lipinski definition) is 6. The molecule has 1 amide bonds. The molecule has 10 heteroatoms. The van der Waals surface area contributed by atoms with Crippen LogP contribution in [0.3, 0.4) is 0 Å². The summed E-state index contributed by atoms with van der Waals surface area (Å²) in [5, 5.41) is 14.3. The van der Waals surface area contributed by atoms with Gasteiger partial charge in [0.05, 0.1) is 28.5 Å². The van der Waals surface area contributed by atoms with Crippen LogP contribution in [-0.4, -0.2) is 37.6 Å². The Morgan fingerprint density at radius 2 is 1.88 bits per heavy atom. The molecule has 1 N–H and O–H groups in total. The van der Waals surface area contributed by atoms with Crippen molar-refractivity contribution in [2.75, 3.05) is 17.1 Å². The third kappa shape index (κ3) is 5.11. The first-order chi connectivity index (χ1) is 15.5. The average molecular weight is 476 g/mol. The van der Waals surface area contributed by atoms with Crippen LogP contribution >= 0.6 is 0 Å². The maximum Gasteiger partial charge on any atom is 0.274 e. The maximum absolute atomic E-state index is 13.1. The Balaban J connectivity index is 1.91. The molecule has 2 aromatic carbocycles. The van der Waals surface area contributed by atoms with Crippen LogP contribution in [0, 0.1) is 17.0 Å². The lowest BCUT2D eigenvalue weighted by molar-refractivity contribution is -0.385. The second-order valence-corrected chi connectivity index (χ2v) is 10.2. The molecule has 0 aromatic heterocycles. The van der Waals surface area contributed by atoms with E-state index in [1.807, 2.05) is 38.1 Å². The third-order valence-corrected chi connectivity index (χ3v) is 7.38. The van der Waals surface area contributed by atoms with E-state index in [1.54, 1.807) is 0 Å². The largest absolute Gasteiger partial charge is 0.487 e. The number of ether oxygens (including phenoxy) is 1. The van der Waals surface area contributed by atoms with Crippen molar-refractivity contribution in [3.8, 4) is 5.75 Å². The molecular weight excluding hydrogens is 446 g/mol. The molecule has 1 aliphatic heterocycles. The molecular formula is C23H29N3O6S. The smallest absolute Gasteiger partial charge is 0.274 e. The van der Waals surface area contributed by atoms with Gasteiger partial charge in [0, 0.05) is 18.1 Å². The van der Waals surface area contributed by atoms with Gasteiger partial charge in [-0.15, -0.1) is 0 Å². The van der Waals surface area contributed by atoms with Gasteiger partial charge < -0.3 is 10.1 Å². The molecule has 178 valence electrons. The minimum atomic E-state index is -3.89. The molecule has 0 saturated carbocycles. The zero-order valence-electron chi connectivity index (χ0n) is 19.2. The predicted molar refractivity (Wildman–Crippen MR) is 126 cm³/mol. The Labute approximate surface area is 193 Å². The quantitative estimate of drug-likeness (QED) is 0.457. The molecule has 0 radical (unpaired) electrons. The van der Waals surface area contributed by atoms with Crippen molar-refractivity contribution >= 4 is 27.3 Å². The van der Waals surface area contributed by atoms with E-state index in [2.05, 4.69) is 5.32 Å². The van der Waals surface area contributed by atoms with Crippen LogP contribution in [0.5, 0.6) is 5.75 Å². The lowest BCUT2D eigenvalue weighted by Gasteiger charge is -2.41. The number of anilines is 1. The minimum absolute atomic E-state index is 0.102. The summed E-state index contributed by atoms with van der Waals surface area (Å²) < 4.78 is 32.3. The fourth-order valence-electron chi connectivity index (χ4n) is 4.26. The zero-order valence-corrected chi connectivity index (χ0v) is 20.0. The SMILES string of the molecule is CCC1(CC)C[C@@H](NC(=O)CN(c2cccc([N+](=O)[O-])c2C)S(C)(=O)=O)c2ccccc2O1. The molecule has 0 spiro atoms. The number of nitrogens with one attached hydrogen (secondary N) is 1. The number of hydrogen-bond donors (Lipinski definition) is 1. The summed E-state index contributed by atoms with van der Waals surface area (Å²) in [6.07, 6.45) is 3.04. The number of nitrogens with zero attached hydrogens (tertiary/aromatic N) is 2. The number of amides is 1. The highest BCUT2D eigenvalue weighted by Crippen LogP contribution is 2.42. The number of nitro groups is 1. The molecule has 2 aromatic rings. The van der Waals surface area contributed by atoms with E-state index in [0.717, 1.165) is 29.0 Å².